The molecule has 1 heterocycles. The van der Waals surface area contributed by atoms with Crippen LogP contribution in [0.4, 0.5) is 0 Å². The lowest BCUT2D eigenvalue weighted by Crippen LogP contribution is -1.90. The summed E-state index contributed by atoms with van der Waals surface area (Å²) in [6.45, 7) is 0. The van der Waals surface area contributed by atoms with Crippen molar-refractivity contribution >= 4 is 27.3 Å². The normalized spacial score (nSPS) is 9.89. The molecule has 0 saturated carbocycles. The minimum atomic E-state index is 0.555. The van der Waals surface area contributed by atoms with Crippen molar-refractivity contribution in [1.82, 2.24) is 4.98 Å². The molecule has 0 radical (unpaired) electrons. The number of aromatic nitrogens is 1. The van der Waals surface area contributed by atoms with Gasteiger partial charge in [0.1, 0.15) is 20.6 Å². The zero-order valence-electron chi connectivity index (χ0n) is 9.73. The molecule has 0 spiro atoms. The van der Waals surface area contributed by atoms with Gasteiger partial charge in [0, 0.05) is 5.56 Å². The molecule has 0 amide bonds. The van der Waals surface area contributed by atoms with E-state index in [9.17, 15) is 0 Å². The molecule has 0 aliphatic carbocycles. The third-order valence-corrected chi connectivity index (χ3v) is 4.16. The second-order valence-electron chi connectivity index (χ2n) is 3.32. The summed E-state index contributed by atoms with van der Waals surface area (Å²) >= 11 is 4.59. The van der Waals surface area contributed by atoms with Crippen LogP contribution < -0.4 is 9.47 Å². The molecule has 0 saturated heterocycles. The van der Waals surface area contributed by atoms with Gasteiger partial charge in [-0.25, -0.2) is 4.98 Å². The summed E-state index contributed by atoms with van der Waals surface area (Å²) in [4.78, 5) is 4.85. The van der Waals surface area contributed by atoms with Crippen LogP contribution in [0.5, 0.6) is 11.5 Å². The molecule has 0 aliphatic heterocycles. The topological polar surface area (TPSA) is 55.1 Å². The van der Waals surface area contributed by atoms with Crippen LogP contribution in [0.25, 0.3) is 10.6 Å². The Hall–Kier alpha value is -1.58. The van der Waals surface area contributed by atoms with Gasteiger partial charge in [-0.2, -0.15) is 5.26 Å². The van der Waals surface area contributed by atoms with Gasteiger partial charge in [-0.15, -0.1) is 11.3 Å². The summed E-state index contributed by atoms with van der Waals surface area (Å²) in [6, 6.07) is 7.63. The summed E-state index contributed by atoms with van der Waals surface area (Å²) in [7, 11) is 3.17. The van der Waals surface area contributed by atoms with Crippen LogP contribution in [-0.2, 0) is 0 Å². The van der Waals surface area contributed by atoms with E-state index >= 15 is 0 Å². The minimum Gasteiger partial charge on any atom is -0.493 e. The first-order chi connectivity index (χ1) is 8.69. The number of rotatable bonds is 3. The Balaban J connectivity index is 2.48. The molecule has 18 heavy (non-hydrogen) atoms. The summed E-state index contributed by atoms with van der Waals surface area (Å²) in [5, 5.41) is 9.67. The fourth-order valence-corrected chi connectivity index (χ4v) is 2.84. The Kier molecular flexibility index (Phi) is 3.84. The van der Waals surface area contributed by atoms with Crippen LogP contribution in [0.3, 0.4) is 0 Å². The van der Waals surface area contributed by atoms with Gasteiger partial charge >= 0.3 is 0 Å². The molecule has 92 valence electrons. The fourth-order valence-electron chi connectivity index (χ4n) is 1.46. The minimum absolute atomic E-state index is 0.555. The van der Waals surface area contributed by atoms with Crippen LogP contribution in [0.1, 0.15) is 4.88 Å². The summed E-state index contributed by atoms with van der Waals surface area (Å²) < 4.78 is 11.0. The molecule has 0 aliphatic rings. The van der Waals surface area contributed by atoms with Crippen molar-refractivity contribution in [3.63, 3.8) is 0 Å². The van der Waals surface area contributed by atoms with Gasteiger partial charge in [0.2, 0.25) is 0 Å². The van der Waals surface area contributed by atoms with Crippen LogP contribution in [0, 0.1) is 11.3 Å². The number of nitrogens with zero attached hydrogens (tertiary/aromatic N) is 2. The highest BCUT2D eigenvalue weighted by molar-refractivity contribution is 9.10. The fraction of sp³-hybridized carbons (Fsp3) is 0.167. The standard InChI is InChI=1S/C12H9BrN2O2S/c1-16-8-4-3-7(5-9(8)17-2)12-15-11(13)10(6-14)18-12/h3-5H,1-2H3. The molecule has 0 unspecified atom stereocenters. The molecule has 2 rings (SSSR count). The zero-order chi connectivity index (χ0) is 13.1. The quantitative estimate of drug-likeness (QED) is 0.867. The van der Waals surface area contributed by atoms with Crippen molar-refractivity contribution in [2.24, 2.45) is 0 Å². The third kappa shape index (κ3) is 2.33. The van der Waals surface area contributed by atoms with Crippen LogP contribution in [0.2, 0.25) is 0 Å². The summed E-state index contributed by atoms with van der Waals surface area (Å²) in [5.74, 6) is 1.30. The van der Waals surface area contributed by atoms with Crippen LogP contribution in [-0.4, -0.2) is 19.2 Å². The molecule has 4 nitrogen and oxygen atoms in total. The van der Waals surface area contributed by atoms with Crippen molar-refractivity contribution in [2.45, 2.75) is 0 Å². The van der Waals surface area contributed by atoms with E-state index in [0.29, 0.717) is 21.0 Å². The Morgan fingerprint density at radius 1 is 1.28 bits per heavy atom. The molecular weight excluding hydrogens is 316 g/mol. The molecular formula is C12H9BrN2O2S. The Bertz CT molecular complexity index is 619. The summed E-state index contributed by atoms with van der Waals surface area (Å²) in [6.07, 6.45) is 0. The first kappa shape index (κ1) is 12.9. The van der Waals surface area contributed by atoms with Crippen molar-refractivity contribution in [2.75, 3.05) is 14.2 Å². The average molecular weight is 325 g/mol. The molecule has 1 aromatic carbocycles. The Morgan fingerprint density at radius 3 is 2.56 bits per heavy atom. The SMILES string of the molecule is COc1ccc(-c2nc(Br)c(C#N)s2)cc1OC. The first-order valence-electron chi connectivity index (χ1n) is 4.98. The molecule has 0 N–H and O–H groups in total. The van der Waals surface area contributed by atoms with Gasteiger partial charge in [-0.1, -0.05) is 0 Å². The number of hydrogen-bond donors (Lipinski definition) is 0. The number of halogens is 1. The number of ether oxygens (including phenoxy) is 2. The molecule has 2 aromatic rings. The molecule has 0 atom stereocenters. The average Bonchev–Trinajstić information content (AvgIpc) is 2.79. The van der Waals surface area contributed by atoms with E-state index in [1.54, 1.807) is 14.2 Å². The van der Waals surface area contributed by atoms with Crippen LogP contribution >= 0.6 is 27.3 Å². The smallest absolute Gasteiger partial charge is 0.161 e. The third-order valence-electron chi connectivity index (χ3n) is 2.32. The number of benzene rings is 1. The van der Waals surface area contributed by atoms with Crippen LogP contribution in [0.15, 0.2) is 22.8 Å². The van der Waals surface area contributed by atoms with Gasteiger partial charge in [0.15, 0.2) is 11.5 Å². The van der Waals surface area contributed by atoms with Gasteiger partial charge in [0.25, 0.3) is 0 Å². The number of thiazole rings is 1. The van der Waals surface area contributed by atoms with E-state index in [2.05, 4.69) is 27.0 Å². The van der Waals surface area contributed by atoms with Gasteiger partial charge in [-0.3, -0.25) is 0 Å². The van der Waals surface area contributed by atoms with Crippen molar-refractivity contribution in [1.29, 1.82) is 5.26 Å². The second-order valence-corrected chi connectivity index (χ2v) is 5.07. The highest BCUT2D eigenvalue weighted by atomic mass is 79.9. The lowest BCUT2D eigenvalue weighted by molar-refractivity contribution is 0.355. The zero-order valence-corrected chi connectivity index (χ0v) is 12.1. The number of hydrogen-bond acceptors (Lipinski definition) is 5. The van der Waals surface area contributed by atoms with Crippen molar-refractivity contribution in [3.05, 3.63) is 27.7 Å². The summed E-state index contributed by atoms with van der Waals surface area (Å²) in [5.41, 5.74) is 0.889. The predicted octanol–water partition coefficient (Wildman–Crippen LogP) is 3.46. The number of nitriles is 1. The number of methoxy groups -OCH3 is 2. The first-order valence-corrected chi connectivity index (χ1v) is 6.59. The van der Waals surface area contributed by atoms with E-state index in [1.807, 2.05) is 18.2 Å². The maximum absolute atomic E-state index is 8.91. The molecule has 1 aromatic heterocycles. The van der Waals surface area contributed by atoms with Gasteiger partial charge in [-0.05, 0) is 34.1 Å². The van der Waals surface area contributed by atoms with Crippen molar-refractivity contribution in [3.8, 4) is 28.1 Å². The van der Waals surface area contributed by atoms with E-state index in [-0.39, 0.29) is 0 Å². The molecule has 0 fully saturated rings. The van der Waals surface area contributed by atoms with E-state index in [1.165, 1.54) is 11.3 Å². The van der Waals surface area contributed by atoms with E-state index in [0.717, 1.165) is 10.6 Å². The predicted molar refractivity (Wildman–Crippen MR) is 73.1 cm³/mol. The van der Waals surface area contributed by atoms with Gasteiger partial charge in [0.05, 0.1) is 14.2 Å². The largest absolute Gasteiger partial charge is 0.493 e. The van der Waals surface area contributed by atoms with E-state index in [4.69, 9.17) is 14.7 Å². The molecule has 6 heteroatoms. The second kappa shape index (κ2) is 5.38. The van der Waals surface area contributed by atoms with Gasteiger partial charge < -0.3 is 9.47 Å². The highest BCUT2D eigenvalue weighted by Crippen LogP contribution is 2.35. The maximum Gasteiger partial charge on any atom is 0.161 e. The lowest BCUT2D eigenvalue weighted by Gasteiger charge is -2.07. The molecule has 0 bridgehead atoms. The lowest BCUT2D eigenvalue weighted by atomic mass is 10.2. The Labute approximate surface area is 117 Å². The Morgan fingerprint density at radius 2 is 2.00 bits per heavy atom. The maximum atomic E-state index is 8.91. The monoisotopic (exact) mass is 324 g/mol. The van der Waals surface area contributed by atoms with Crippen molar-refractivity contribution < 1.29 is 9.47 Å². The highest BCUT2D eigenvalue weighted by Gasteiger charge is 2.12. The van der Waals surface area contributed by atoms with E-state index < -0.39 is 0 Å².